The lowest BCUT2D eigenvalue weighted by atomic mass is 9.96. The van der Waals surface area contributed by atoms with Crippen molar-refractivity contribution < 1.29 is 44.3 Å². The molecule has 0 saturated carbocycles. The summed E-state index contributed by atoms with van der Waals surface area (Å²) in [5, 5.41) is 1.66. The SMILES string of the molecule is CC(C)C(CSCC(F)(F)F)NC(=O)c1ccc(/C=C/C(c2cc(Cl)c(Cl)c(Cl)c2)C(F)(F)F)cc1C(F)(F)F. The highest BCUT2D eigenvalue weighted by Gasteiger charge is 2.40. The van der Waals surface area contributed by atoms with Gasteiger partial charge in [-0.1, -0.05) is 66.9 Å². The Kier molecular flexibility index (Phi) is 11.6. The van der Waals surface area contributed by atoms with E-state index in [1.54, 1.807) is 13.8 Å². The first-order valence-electron chi connectivity index (χ1n) is 11.3. The monoisotopic (exact) mass is 659 g/mol. The zero-order valence-electron chi connectivity index (χ0n) is 20.5. The van der Waals surface area contributed by atoms with E-state index in [-0.39, 0.29) is 26.4 Å². The molecule has 2 rings (SSSR count). The molecule has 0 fully saturated rings. The van der Waals surface area contributed by atoms with Gasteiger partial charge in [0.2, 0.25) is 0 Å². The second kappa shape index (κ2) is 13.5. The molecule has 2 nitrogen and oxygen atoms in total. The molecule has 0 radical (unpaired) electrons. The van der Waals surface area contributed by atoms with Gasteiger partial charge >= 0.3 is 18.5 Å². The van der Waals surface area contributed by atoms with Crippen molar-refractivity contribution in [3.63, 3.8) is 0 Å². The zero-order valence-corrected chi connectivity index (χ0v) is 23.6. The van der Waals surface area contributed by atoms with E-state index in [1.807, 2.05) is 0 Å². The first-order chi connectivity index (χ1) is 18.2. The fraction of sp³-hybridized carbons (Fsp3) is 0.400. The maximum Gasteiger partial charge on any atom is 0.417 e. The number of thioether (sulfide) groups is 1. The van der Waals surface area contributed by atoms with Crippen LogP contribution in [0, 0.1) is 5.92 Å². The molecule has 0 heterocycles. The zero-order chi connectivity index (χ0) is 30.6. The standard InChI is InChI=1S/C25H21Cl3F9NOS/c1-12(2)20(10-40-11-23(29,30)31)38-22(39)15-5-3-13(7-17(15)25(35,36)37)4-6-16(24(32,33)34)14-8-18(26)21(28)19(27)9-14/h3-9,12,16,20H,10-11H2,1-2H3,(H,38,39)/b6-4+. The van der Waals surface area contributed by atoms with Crippen LogP contribution < -0.4 is 5.32 Å². The lowest BCUT2D eigenvalue weighted by molar-refractivity contribution is -0.139. The molecule has 0 spiro atoms. The van der Waals surface area contributed by atoms with Gasteiger partial charge in [0, 0.05) is 11.8 Å². The van der Waals surface area contributed by atoms with Crippen molar-refractivity contribution in [3.8, 4) is 0 Å². The first-order valence-corrected chi connectivity index (χ1v) is 13.6. The van der Waals surface area contributed by atoms with Crippen LogP contribution in [0.15, 0.2) is 36.4 Å². The van der Waals surface area contributed by atoms with E-state index in [0.717, 1.165) is 30.3 Å². The van der Waals surface area contributed by atoms with Crippen LogP contribution in [-0.4, -0.2) is 35.8 Å². The highest BCUT2D eigenvalue weighted by atomic mass is 35.5. The Hall–Kier alpha value is -1.76. The summed E-state index contributed by atoms with van der Waals surface area (Å²) in [5.41, 5.74) is -2.97. The predicted octanol–water partition coefficient (Wildman–Crippen LogP) is 10.1. The van der Waals surface area contributed by atoms with E-state index in [9.17, 15) is 44.3 Å². The third-order valence-electron chi connectivity index (χ3n) is 5.48. The summed E-state index contributed by atoms with van der Waals surface area (Å²) in [4.78, 5) is 12.7. The largest absolute Gasteiger partial charge is 0.417 e. The molecule has 1 amide bonds. The fourth-order valence-corrected chi connectivity index (χ4v) is 5.10. The summed E-state index contributed by atoms with van der Waals surface area (Å²) in [5.74, 6) is -5.31. The molecule has 2 unspecified atom stereocenters. The number of benzene rings is 2. The Morgan fingerprint density at radius 2 is 1.52 bits per heavy atom. The van der Waals surface area contributed by atoms with Crippen LogP contribution in [0.5, 0.6) is 0 Å². The van der Waals surface area contributed by atoms with Crippen molar-refractivity contribution in [1.82, 2.24) is 5.32 Å². The molecule has 0 bridgehead atoms. The summed E-state index contributed by atoms with van der Waals surface area (Å²) < 4.78 is 120. The number of allylic oxidation sites excluding steroid dienone is 1. The van der Waals surface area contributed by atoms with Gasteiger partial charge in [-0.05, 0) is 41.3 Å². The Bertz CT molecular complexity index is 1200. The number of hydrogen-bond donors (Lipinski definition) is 1. The Labute approximate surface area is 243 Å². The number of nitrogens with one attached hydrogen (secondary N) is 1. The molecule has 0 aliphatic heterocycles. The van der Waals surface area contributed by atoms with E-state index in [4.69, 9.17) is 34.8 Å². The van der Waals surface area contributed by atoms with Crippen molar-refractivity contribution >= 4 is 58.5 Å². The van der Waals surface area contributed by atoms with Crippen molar-refractivity contribution in [1.29, 1.82) is 0 Å². The van der Waals surface area contributed by atoms with Crippen molar-refractivity contribution in [2.75, 3.05) is 11.5 Å². The summed E-state index contributed by atoms with van der Waals surface area (Å²) in [7, 11) is 0. The molecule has 1 N–H and O–H groups in total. The van der Waals surface area contributed by atoms with E-state index >= 15 is 0 Å². The van der Waals surface area contributed by atoms with Gasteiger partial charge < -0.3 is 5.32 Å². The second-order valence-corrected chi connectivity index (χ2v) is 11.2. The number of alkyl halides is 9. The summed E-state index contributed by atoms with van der Waals surface area (Å²) in [6, 6.07) is 3.29. The topological polar surface area (TPSA) is 29.1 Å². The van der Waals surface area contributed by atoms with Crippen LogP contribution in [0.4, 0.5) is 39.5 Å². The second-order valence-electron chi connectivity index (χ2n) is 8.93. The van der Waals surface area contributed by atoms with E-state index in [0.29, 0.717) is 23.9 Å². The van der Waals surface area contributed by atoms with Gasteiger partial charge in [-0.15, -0.1) is 0 Å². The number of carbonyl (C=O) groups excluding carboxylic acids is 1. The van der Waals surface area contributed by atoms with Gasteiger partial charge in [-0.3, -0.25) is 4.79 Å². The molecule has 2 aromatic rings. The molecule has 0 aliphatic rings. The Morgan fingerprint density at radius 1 is 0.950 bits per heavy atom. The summed E-state index contributed by atoms with van der Waals surface area (Å²) in [6.45, 7) is 3.16. The molecule has 40 heavy (non-hydrogen) atoms. The average molecular weight is 661 g/mol. The number of halogens is 12. The smallest absolute Gasteiger partial charge is 0.348 e. The van der Waals surface area contributed by atoms with Crippen LogP contribution >= 0.6 is 46.6 Å². The first kappa shape index (κ1) is 34.4. The van der Waals surface area contributed by atoms with Gasteiger partial charge in [-0.25, -0.2) is 0 Å². The fourth-order valence-electron chi connectivity index (χ4n) is 3.42. The van der Waals surface area contributed by atoms with Crippen molar-refractivity contribution in [2.24, 2.45) is 5.92 Å². The summed E-state index contributed by atoms with van der Waals surface area (Å²) in [6.07, 6.45) is -13.0. The van der Waals surface area contributed by atoms with Gasteiger partial charge in [0.1, 0.15) is 0 Å². The number of carbonyl (C=O) groups is 1. The molecule has 222 valence electrons. The molecule has 15 heteroatoms. The van der Waals surface area contributed by atoms with Crippen LogP contribution in [0.25, 0.3) is 6.08 Å². The molecule has 0 saturated heterocycles. The van der Waals surface area contributed by atoms with Gasteiger partial charge in [0.25, 0.3) is 5.91 Å². The third kappa shape index (κ3) is 9.95. The highest BCUT2D eigenvalue weighted by Crippen LogP contribution is 2.41. The average Bonchev–Trinajstić information content (AvgIpc) is 2.79. The van der Waals surface area contributed by atoms with Crippen LogP contribution in [-0.2, 0) is 6.18 Å². The Morgan fingerprint density at radius 3 is 2.00 bits per heavy atom. The van der Waals surface area contributed by atoms with Crippen LogP contribution in [0.2, 0.25) is 15.1 Å². The minimum Gasteiger partial charge on any atom is -0.348 e. The highest BCUT2D eigenvalue weighted by molar-refractivity contribution is 7.99. The van der Waals surface area contributed by atoms with Gasteiger partial charge in [-0.2, -0.15) is 51.3 Å². The van der Waals surface area contributed by atoms with E-state index < -0.39 is 64.8 Å². The number of hydrogen-bond acceptors (Lipinski definition) is 2. The Balaban J connectivity index is 2.39. The summed E-state index contributed by atoms with van der Waals surface area (Å²) >= 11 is 17.9. The lowest BCUT2D eigenvalue weighted by Crippen LogP contribution is -2.41. The predicted molar refractivity (Wildman–Crippen MR) is 140 cm³/mol. The van der Waals surface area contributed by atoms with E-state index in [1.165, 1.54) is 0 Å². The molecule has 2 atom stereocenters. The van der Waals surface area contributed by atoms with Crippen molar-refractivity contribution in [3.05, 3.63) is 73.7 Å². The van der Waals surface area contributed by atoms with Crippen molar-refractivity contribution in [2.45, 2.75) is 44.3 Å². The molecule has 0 aliphatic carbocycles. The molecule has 2 aromatic carbocycles. The molecule has 0 aromatic heterocycles. The third-order valence-corrected chi connectivity index (χ3v) is 7.80. The normalized spacial score (nSPS) is 14.6. The number of rotatable bonds is 9. The van der Waals surface area contributed by atoms with E-state index in [2.05, 4.69) is 5.32 Å². The molecular formula is C25H21Cl3F9NOS. The van der Waals surface area contributed by atoms with Crippen LogP contribution in [0.3, 0.4) is 0 Å². The minimum absolute atomic E-state index is 0.167. The maximum absolute atomic E-state index is 13.8. The van der Waals surface area contributed by atoms with Gasteiger partial charge in [0.15, 0.2) is 0 Å². The van der Waals surface area contributed by atoms with Crippen LogP contribution in [0.1, 0.15) is 46.8 Å². The molecular weight excluding hydrogens is 640 g/mol. The maximum atomic E-state index is 13.8. The minimum atomic E-state index is -5.07. The lowest BCUT2D eigenvalue weighted by Gasteiger charge is -2.23. The number of amides is 1. The van der Waals surface area contributed by atoms with Gasteiger partial charge in [0.05, 0.1) is 37.9 Å². The quantitative estimate of drug-likeness (QED) is 0.214.